The third-order valence-electron chi connectivity index (χ3n) is 7.65. The van der Waals surface area contributed by atoms with Gasteiger partial charge in [-0.15, -0.1) is 0 Å². The first-order valence-corrected chi connectivity index (χ1v) is 13.8. The predicted octanol–water partition coefficient (Wildman–Crippen LogP) is 6.27. The highest BCUT2D eigenvalue weighted by Crippen LogP contribution is 2.41. The van der Waals surface area contributed by atoms with Gasteiger partial charge in [-0.1, -0.05) is 25.0 Å². The van der Waals surface area contributed by atoms with E-state index in [1.54, 1.807) is 0 Å². The Morgan fingerprint density at radius 2 is 1.92 bits per heavy atom. The lowest BCUT2D eigenvalue weighted by Crippen LogP contribution is -2.51. The minimum absolute atomic E-state index is 0.142. The Morgan fingerprint density at radius 1 is 1.16 bits per heavy atom. The number of anilines is 1. The van der Waals surface area contributed by atoms with Crippen LogP contribution in [0.25, 0.3) is 0 Å². The lowest BCUT2D eigenvalue weighted by Gasteiger charge is -2.40. The van der Waals surface area contributed by atoms with Crippen LogP contribution in [0.3, 0.4) is 0 Å². The largest absolute Gasteiger partial charge is 0.444 e. The van der Waals surface area contributed by atoms with E-state index in [1.807, 2.05) is 37.8 Å². The number of carbonyl (C=O) groups excluding carboxylic acids is 2. The van der Waals surface area contributed by atoms with Crippen molar-refractivity contribution in [3.8, 4) is 5.75 Å². The fourth-order valence-corrected chi connectivity index (χ4v) is 5.43. The topological polar surface area (TPSA) is 79.9 Å². The van der Waals surface area contributed by atoms with Gasteiger partial charge < -0.3 is 20.1 Å². The molecule has 0 spiro atoms. The molecule has 2 N–H and O–H groups in total. The molecule has 2 fully saturated rings. The molecule has 0 aromatic heterocycles. The first-order chi connectivity index (χ1) is 17.6. The van der Waals surface area contributed by atoms with Crippen LogP contribution in [-0.2, 0) is 9.53 Å². The summed E-state index contributed by atoms with van der Waals surface area (Å²) in [6, 6.07) is 6.08. The Morgan fingerprint density at radius 3 is 2.54 bits per heavy atom. The number of benzene rings is 1. The molecule has 7 heteroatoms. The fourth-order valence-electron chi connectivity index (χ4n) is 5.43. The van der Waals surface area contributed by atoms with Gasteiger partial charge in [0.25, 0.3) is 0 Å². The van der Waals surface area contributed by atoms with Gasteiger partial charge in [0, 0.05) is 32.1 Å². The first-order valence-electron chi connectivity index (χ1n) is 13.8. The van der Waals surface area contributed by atoms with Crippen LogP contribution in [0.1, 0.15) is 91.5 Å². The van der Waals surface area contributed by atoms with Crippen molar-refractivity contribution in [3.05, 3.63) is 46.2 Å². The average molecular weight is 510 g/mol. The van der Waals surface area contributed by atoms with Gasteiger partial charge in [-0.3, -0.25) is 9.69 Å². The van der Waals surface area contributed by atoms with E-state index in [2.05, 4.69) is 30.5 Å². The molecule has 202 valence electrons. The van der Waals surface area contributed by atoms with Crippen LogP contribution in [0.5, 0.6) is 5.75 Å². The maximum Gasteiger partial charge on any atom is 0.410 e. The fraction of sp³-hybridized carbons (Fsp3) is 0.600. The SMILES string of the molecule is CCC(C)=C1CCNCC2C1=C(Nc1ccc(C3CCC3)cc1OC(C)=O)CCN2C(=O)OC(C)(C)C. The third kappa shape index (κ3) is 6.38. The minimum atomic E-state index is -0.559. The Balaban J connectivity index is 1.76. The van der Waals surface area contributed by atoms with Gasteiger partial charge in [0.15, 0.2) is 5.75 Å². The summed E-state index contributed by atoms with van der Waals surface area (Å²) in [5, 5.41) is 7.21. The van der Waals surface area contributed by atoms with E-state index in [1.165, 1.54) is 48.5 Å². The van der Waals surface area contributed by atoms with E-state index in [4.69, 9.17) is 9.47 Å². The zero-order chi connectivity index (χ0) is 26.7. The molecule has 2 heterocycles. The second kappa shape index (κ2) is 11.3. The van der Waals surface area contributed by atoms with Crippen LogP contribution in [-0.4, -0.2) is 48.2 Å². The van der Waals surface area contributed by atoms with Crippen LogP contribution in [0.2, 0.25) is 0 Å². The number of ether oxygens (including phenoxy) is 2. The molecule has 1 aromatic rings. The van der Waals surface area contributed by atoms with Gasteiger partial charge in [0.2, 0.25) is 0 Å². The van der Waals surface area contributed by atoms with Gasteiger partial charge in [-0.25, -0.2) is 4.79 Å². The van der Waals surface area contributed by atoms with Gasteiger partial charge in [0.1, 0.15) is 5.60 Å². The molecule has 1 aliphatic carbocycles. The number of esters is 1. The van der Waals surface area contributed by atoms with Gasteiger partial charge in [0.05, 0.1) is 11.7 Å². The van der Waals surface area contributed by atoms with E-state index in [0.717, 1.165) is 30.8 Å². The molecule has 1 amide bonds. The standard InChI is InChI=1S/C30H43N3O4/c1-7-19(2)23-13-15-31-18-26-28(23)25(14-16-33(26)29(35)37-30(4,5)6)32-24-12-11-22(21-9-8-10-21)17-27(24)36-20(3)34/h11-12,17,21,26,31-32H,7-10,13-16,18H2,1-6H3. The van der Waals surface area contributed by atoms with Crippen LogP contribution in [0.15, 0.2) is 40.6 Å². The summed E-state index contributed by atoms with van der Waals surface area (Å²) in [7, 11) is 0. The summed E-state index contributed by atoms with van der Waals surface area (Å²) in [4.78, 5) is 27.1. The third-order valence-corrected chi connectivity index (χ3v) is 7.65. The Kier molecular flexibility index (Phi) is 8.32. The molecule has 1 saturated carbocycles. The van der Waals surface area contributed by atoms with Crippen molar-refractivity contribution in [2.75, 3.05) is 25.0 Å². The van der Waals surface area contributed by atoms with E-state index in [9.17, 15) is 9.59 Å². The Labute approximate surface area is 221 Å². The summed E-state index contributed by atoms with van der Waals surface area (Å²) in [5.41, 5.74) is 6.33. The predicted molar refractivity (Wildman–Crippen MR) is 147 cm³/mol. The molecular weight excluding hydrogens is 466 g/mol. The number of nitrogens with zero attached hydrogens (tertiary/aromatic N) is 1. The molecule has 1 unspecified atom stereocenters. The first kappa shape index (κ1) is 27.2. The van der Waals surface area contributed by atoms with Crippen molar-refractivity contribution in [2.45, 2.75) is 97.6 Å². The lowest BCUT2D eigenvalue weighted by atomic mass is 9.80. The molecule has 0 radical (unpaired) electrons. The number of amides is 1. The summed E-state index contributed by atoms with van der Waals surface area (Å²) < 4.78 is 11.5. The van der Waals surface area contributed by atoms with Crippen LogP contribution in [0, 0.1) is 0 Å². The second-order valence-corrected chi connectivity index (χ2v) is 11.5. The van der Waals surface area contributed by atoms with Crippen molar-refractivity contribution in [2.24, 2.45) is 0 Å². The van der Waals surface area contributed by atoms with E-state index >= 15 is 0 Å². The number of hydrogen-bond acceptors (Lipinski definition) is 6. The monoisotopic (exact) mass is 509 g/mol. The number of nitrogens with one attached hydrogen (secondary N) is 2. The van der Waals surface area contributed by atoms with Gasteiger partial charge in [-0.2, -0.15) is 0 Å². The number of hydrogen-bond donors (Lipinski definition) is 2. The maximum atomic E-state index is 13.3. The van der Waals surface area contributed by atoms with E-state index in [-0.39, 0.29) is 18.1 Å². The van der Waals surface area contributed by atoms with Crippen LogP contribution >= 0.6 is 0 Å². The Hall–Kier alpha value is -2.80. The summed E-state index contributed by atoms with van der Waals surface area (Å²) in [6.07, 6.45) is 5.84. The summed E-state index contributed by atoms with van der Waals surface area (Å²) in [5.74, 6) is 0.785. The number of fused-ring (bicyclic) bond motifs is 1. The highest BCUT2D eigenvalue weighted by atomic mass is 16.6. The smallest absolute Gasteiger partial charge is 0.410 e. The molecular formula is C30H43N3O4. The summed E-state index contributed by atoms with van der Waals surface area (Å²) >= 11 is 0. The van der Waals surface area contributed by atoms with Crippen molar-refractivity contribution in [3.63, 3.8) is 0 Å². The minimum Gasteiger partial charge on any atom is -0.444 e. The van der Waals surface area contributed by atoms with Gasteiger partial charge in [-0.05, 0) is 94.7 Å². The van der Waals surface area contributed by atoms with Crippen molar-refractivity contribution in [1.82, 2.24) is 10.2 Å². The van der Waals surface area contributed by atoms with E-state index < -0.39 is 5.60 Å². The molecule has 2 aliphatic heterocycles. The van der Waals surface area contributed by atoms with E-state index in [0.29, 0.717) is 31.2 Å². The quantitative estimate of drug-likeness (QED) is 0.359. The zero-order valence-corrected chi connectivity index (χ0v) is 23.3. The molecule has 3 aliphatic rings. The number of carbonyl (C=O) groups is 2. The van der Waals surface area contributed by atoms with Crippen molar-refractivity contribution < 1.29 is 19.1 Å². The average Bonchev–Trinajstić information content (AvgIpc) is 3.01. The second-order valence-electron chi connectivity index (χ2n) is 11.5. The lowest BCUT2D eigenvalue weighted by molar-refractivity contribution is -0.131. The number of allylic oxidation sites excluding steroid dienone is 1. The van der Waals surface area contributed by atoms with Crippen LogP contribution < -0.4 is 15.4 Å². The maximum absolute atomic E-state index is 13.3. The normalized spacial score (nSPS) is 22.0. The molecule has 37 heavy (non-hydrogen) atoms. The van der Waals surface area contributed by atoms with Crippen molar-refractivity contribution >= 4 is 17.7 Å². The highest BCUT2D eigenvalue weighted by molar-refractivity contribution is 5.75. The zero-order valence-electron chi connectivity index (χ0n) is 23.3. The van der Waals surface area contributed by atoms with Crippen LogP contribution in [0.4, 0.5) is 10.5 Å². The molecule has 4 rings (SSSR count). The summed E-state index contributed by atoms with van der Waals surface area (Å²) in [6.45, 7) is 13.6. The molecule has 1 atom stereocenters. The highest BCUT2D eigenvalue weighted by Gasteiger charge is 2.38. The Bertz CT molecular complexity index is 1090. The molecule has 0 bridgehead atoms. The number of rotatable bonds is 5. The van der Waals surface area contributed by atoms with Crippen molar-refractivity contribution in [1.29, 1.82) is 0 Å². The van der Waals surface area contributed by atoms with Gasteiger partial charge >= 0.3 is 12.1 Å². The molecule has 1 saturated heterocycles. The molecule has 1 aromatic carbocycles. The molecule has 7 nitrogen and oxygen atoms in total.